The molecular formula is C17H17NOS. The molecule has 2 aromatic heterocycles. The van der Waals surface area contributed by atoms with Gasteiger partial charge in [0.05, 0.1) is 12.3 Å². The number of rotatable bonds is 5. The third-order valence-electron chi connectivity index (χ3n) is 3.42. The summed E-state index contributed by atoms with van der Waals surface area (Å²) in [5, 5.41) is 7.98. The van der Waals surface area contributed by atoms with Gasteiger partial charge in [-0.15, -0.1) is 0 Å². The van der Waals surface area contributed by atoms with Crippen molar-refractivity contribution in [1.82, 2.24) is 5.32 Å². The van der Waals surface area contributed by atoms with Crippen LogP contribution in [0.15, 0.2) is 63.9 Å². The van der Waals surface area contributed by atoms with E-state index in [0.717, 1.165) is 12.3 Å². The van der Waals surface area contributed by atoms with Crippen LogP contribution in [-0.4, -0.2) is 0 Å². The Labute approximate surface area is 123 Å². The number of hydrogen-bond acceptors (Lipinski definition) is 3. The smallest absolute Gasteiger partial charge is 0.125 e. The zero-order chi connectivity index (χ0) is 13.8. The van der Waals surface area contributed by atoms with E-state index in [1.807, 2.05) is 18.2 Å². The maximum Gasteiger partial charge on any atom is 0.125 e. The van der Waals surface area contributed by atoms with Gasteiger partial charge in [0.15, 0.2) is 0 Å². The SMILES string of the molecule is Cc1cscc1CNC(c1ccccc1)c1ccco1. The van der Waals surface area contributed by atoms with Crippen LogP contribution in [0.2, 0.25) is 0 Å². The summed E-state index contributed by atoms with van der Waals surface area (Å²) >= 11 is 1.75. The van der Waals surface area contributed by atoms with Crippen molar-refractivity contribution in [3.8, 4) is 0 Å². The first-order chi connectivity index (χ1) is 9.84. The highest BCUT2D eigenvalue weighted by Gasteiger charge is 2.16. The van der Waals surface area contributed by atoms with Gasteiger partial charge in [-0.05, 0) is 46.5 Å². The van der Waals surface area contributed by atoms with Crippen molar-refractivity contribution < 1.29 is 4.42 Å². The molecule has 0 spiro atoms. The van der Waals surface area contributed by atoms with Gasteiger partial charge in [-0.2, -0.15) is 11.3 Å². The molecule has 1 N–H and O–H groups in total. The monoisotopic (exact) mass is 283 g/mol. The standard InChI is InChI=1S/C17H17NOS/c1-13-11-20-12-15(13)10-18-17(16-8-5-9-19-16)14-6-3-2-4-7-14/h2-9,11-12,17-18H,10H2,1H3. The van der Waals surface area contributed by atoms with Crippen LogP contribution in [-0.2, 0) is 6.54 Å². The quantitative estimate of drug-likeness (QED) is 0.744. The number of nitrogens with one attached hydrogen (secondary N) is 1. The molecule has 102 valence electrons. The molecule has 20 heavy (non-hydrogen) atoms. The van der Waals surface area contributed by atoms with Crippen molar-refractivity contribution in [3.05, 3.63) is 81.9 Å². The summed E-state index contributed by atoms with van der Waals surface area (Å²) in [4.78, 5) is 0. The Balaban J connectivity index is 1.82. The molecule has 0 amide bonds. The number of thiophene rings is 1. The van der Waals surface area contributed by atoms with Gasteiger partial charge in [0, 0.05) is 6.54 Å². The van der Waals surface area contributed by atoms with E-state index in [1.54, 1.807) is 17.6 Å². The minimum absolute atomic E-state index is 0.0884. The van der Waals surface area contributed by atoms with Crippen molar-refractivity contribution in [1.29, 1.82) is 0 Å². The van der Waals surface area contributed by atoms with E-state index in [9.17, 15) is 0 Å². The Morgan fingerprint density at radius 1 is 1.10 bits per heavy atom. The van der Waals surface area contributed by atoms with Crippen LogP contribution in [0.3, 0.4) is 0 Å². The maximum absolute atomic E-state index is 5.59. The van der Waals surface area contributed by atoms with Crippen molar-refractivity contribution in [3.63, 3.8) is 0 Å². The van der Waals surface area contributed by atoms with Crippen molar-refractivity contribution in [2.45, 2.75) is 19.5 Å². The van der Waals surface area contributed by atoms with Gasteiger partial charge < -0.3 is 4.42 Å². The molecule has 3 aromatic rings. The maximum atomic E-state index is 5.59. The summed E-state index contributed by atoms with van der Waals surface area (Å²) in [7, 11) is 0. The summed E-state index contributed by atoms with van der Waals surface area (Å²) in [6, 6.07) is 14.4. The fraction of sp³-hybridized carbons (Fsp3) is 0.176. The minimum atomic E-state index is 0.0884. The zero-order valence-corrected chi connectivity index (χ0v) is 12.2. The van der Waals surface area contributed by atoms with Crippen LogP contribution in [0.5, 0.6) is 0 Å². The molecule has 0 aliphatic rings. The molecular weight excluding hydrogens is 266 g/mol. The molecule has 0 aliphatic heterocycles. The lowest BCUT2D eigenvalue weighted by Crippen LogP contribution is -2.21. The topological polar surface area (TPSA) is 25.2 Å². The fourth-order valence-corrected chi connectivity index (χ4v) is 3.12. The average molecular weight is 283 g/mol. The molecule has 2 heterocycles. The van der Waals surface area contributed by atoms with Gasteiger partial charge in [0.25, 0.3) is 0 Å². The second-order valence-corrected chi connectivity index (χ2v) is 5.56. The highest BCUT2D eigenvalue weighted by atomic mass is 32.1. The largest absolute Gasteiger partial charge is 0.467 e. The van der Waals surface area contributed by atoms with Gasteiger partial charge in [0.1, 0.15) is 5.76 Å². The zero-order valence-electron chi connectivity index (χ0n) is 11.4. The highest BCUT2D eigenvalue weighted by molar-refractivity contribution is 7.08. The predicted octanol–water partition coefficient (Wildman–Crippen LogP) is 4.53. The van der Waals surface area contributed by atoms with Gasteiger partial charge >= 0.3 is 0 Å². The number of hydrogen-bond donors (Lipinski definition) is 1. The van der Waals surface area contributed by atoms with Gasteiger partial charge in [-0.3, -0.25) is 5.32 Å². The lowest BCUT2D eigenvalue weighted by molar-refractivity contribution is 0.446. The van der Waals surface area contributed by atoms with E-state index in [-0.39, 0.29) is 6.04 Å². The summed E-state index contributed by atoms with van der Waals surface area (Å²) in [5.74, 6) is 0.948. The number of aryl methyl sites for hydroxylation is 1. The molecule has 1 aromatic carbocycles. The average Bonchev–Trinajstić information content (AvgIpc) is 3.13. The van der Waals surface area contributed by atoms with Crippen LogP contribution >= 0.6 is 11.3 Å². The van der Waals surface area contributed by atoms with Gasteiger partial charge in [-0.25, -0.2) is 0 Å². The first-order valence-electron chi connectivity index (χ1n) is 6.68. The second-order valence-electron chi connectivity index (χ2n) is 4.82. The van der Waals surface area contributed by atoms with E-state index < -0.39 is 0 Å². The van der Waals surface area contributed by atoms with Gasteiger partial charge in [0.2, 0.25) is 0 Å². The van der Waals surface area contributed by atoms with Gasteiger partial charge in [-0.1, -0.05) is 30.3 Å². The van der Waals surface area contributed by atoms with Crippen molar-refractivity contribution >= 4 is 11.3 Å². The van der Waals surface area contributed by atoms with E-state index in [2.05, 4.69) is 47.3 Å². The fourth-order valence-electron chi connectivity index (χ4n) is 2.26. The molecule has 0 fully saturated rings. The highest BCUT2D eigenvalue weighted by Crippen LogP contribution is 2.23. The molecule has 2 nitrogen and oxygen atoms in total. The Morgan fingerprint density at radius 2 is 1.95 bits per heavy atom. The Kier molecular flexibility index (Phi) is 4.00. The first kappa shape index (κ1) is 13.2. The summed E-state index contributed by atoms with van der Waals surface area (Å²) in [6.07, 6.45) is 1.72. The van der Waals surface area contributed by atoms with E-state index >= 15 is 0 Å². The van der Waals surface area contributed by atoms with Crippen molar-refractivity contribution in [2.24, 2.45) is 0 Å². The van der Waals surface area contributed by atoms with Crippen LogP contribution < -0.4 is 5.32 Å². The van der Waals surface area contributed by atoms with E-state index in [0.29, 0.717) is 0 Å². The molecule has 3 heteroatoms. The molecule has 1 atom stereocenters. The molecule has 0 radical (unpaired) electrons. The van der Waals surface area contributed by atoms with Crippen LogP contribution in [0.4, 0.5) is 0 Å². The third kappa shape index (κ3) is 2.84. The predicted molar refractivity (Wildman–Crippen MR) is 82.9 cm³/mol. The molecule has 1 unspecified atom stereocenters. The summed E-state index contributed by atoms with van der Waals surface area (Å²) in [5.41, 5.74) is 3.91. The molecule has 0 saturated carbocycles. The van der Waals surface area contributed by atoms with Crippen LogP contribution in [0.25, 0.3) is 0 Å². The lowest BCUT2D eigenvalue weighted by atomic mass is 10.0. The second kappa shape index (κ2) is 6.07. The molecule has 3 rings (SSSR count). The summed E-state index contributed by atoms with van der Waals surface area (Å²) < 4.78 is 5.59. The Morgan fingerprint density at radius 3 is 2.60 bits per heavy atom. The summed E-state index contributed by atoms with van der Waals surface area (Å²) in [6.45, 7) is 2.99. The minimum Gasteiger partial charge on any atom is -0.467 e. The molecule has 0 aliphatic carbocycles. The number of benzene rings is 1. The van der Waals surface area contributed by atoms with E-state index in [4.69, 9.17) is 4.42 Å². The van der Waals surface area contributed by atoms with Crippen LogP contribution in [0, 0.1) is 6.92 Å². The lowest BCUT2D eigenvalue weighted by Gasteiger charge is -2.17. The first-order valence-corrected chi connectivity index (χ1v) is 7.62. The Bertz CT molecular complexity index is 643. The van der Waals surface area contributed by atoms with E-state index in [1.165, 1.54) is 16.7 Å². The third-order valence-corrected chi connectivity index (χ3v) is 4.33. The molecule has 0 bridgehead atoms. The van der Waals surface area contributed by atoms with Crippen molar-refractivity contribution in [2.75, 3.05) is 0 Å². The van der Waals surface area contributed by atoms with Crippen LogP contribution in [0.1, 0.15) is 28.5 Å². The Hall–Kier alpha value is -1.84. The molecule has 0 saturated heterocycles. The number of furan rings is 1. The normalized spacial score (nSPS) is 12.4.